The number of fused-ring (bicyclic) bond motifs is 1. The summed E-state index contributed by atoms with van der Waals surface area (Å²) in [4.78, 5) is 2.10. The highest BCUT2D eigenvalue weighted by atomic mass is 35.5. The van der Waals surface area contributed by atoms with E-state index in [2.05, 4.69) is 9.47 Å². The summed E-state index contributed by atoms with van der Waals surface area (Å²) in [6.45, 7) is 1.74. The third-order valence-electron chi connectivity index (χ3n) is 5.04. The lowest BCUT2D eigenvalue weighted by Gasteiger charge is -2.31. The summed E-state index contributed by atoms with van der Waals surface area (Å²) >= 11 is 12.3. The van der Waals surface area contributed by atoms with Crippen molar-refractivity contribution in [3.8, 4) is 0 Å². The molecule has 3 aromatic rings. The molecule has 1 aromatic heterocycles. The summed E-state index contributed by atoms with van der Waals surface area (Å²) in [5.74, 6) is -1.05. The van der Waals surface area contributed by atoms with Gasteiger partial charge in [-0.25, -0.2) is 8.78 Å². The minimum Gasteiger partial charge on any atom is -0.350 e. The van der Waals surface area contributed by atoms with E-state index in [-0.39, 0.29) is 18.2 Å². The highest BCUT2D eigenvalue weighted by molar-refractivity contribution is 6.42. The fourth-order valence-electron chi connectivity index (χ4n) is 3.76. The zero-order chi connectivity index (χ0) is 19.0. The Morgan fingerprint density at radius 1 is 0.926 bits per heavy atom. The van der Waals surface area contributed by atoms with Crippen LogP contribution in [0.5, 0.6) is 0 Å². The molecule has 0 fully saturated rings. The second-order valence-corrected chi connectivity index (χ2v) is 7.54. The predicted octanol–water partition coefficient (Wildman–Crippen LogP) is 6.07. The Morgan fingerprint density at radius 2 is 1.70 bits per heavy atom. The van der Waals surface area contributed by atoms with Crippen molar-refractivity contribution in [2.45, 2.75) is 25.6 Å². The molecule has 0 saturated carbocycles. The van der Waals surface area contributed by atoms with Gasteiger partial charge in [0.2, 0.25) is 0 Å². The topological polar surface area (TPSA) is 8.17 Å². The molecule has 0 radical (unpaired) electrons. The number of aryl methyl sites for hydroxylation is 1. The summed E-state index contributed by atoms with van der Waals surface area (Å²) in [7, 11) is 0. The summed E-state index contributed by atoms with van der Waals surface area (Å²) in [6, 6.07) is 13.4. The smallest absolute Gasteiger partial charge is 0.130 e. The molecule has 0 aliphatic carbocycles. The van der Waals surface area contributed by atoms with Crippen molar-refractivity contribution in [3.63, 3.8) is 0 Å². The lowest BCUT2D eigenvalue weighted by Crippen LogP contribution is -2.30. The Labute approximate surface area is 166 Å². The standard InChI is InChI=1S/C21H18Cl2F2N2/c22-16-8-7-14(12-17(16)23)21-20-6-2-9-26(20)10-3-11-27(21)13-15-18(24)4-1-5-19(15)25/h1-2,4-9,12,21H,3,10-11,13H2. The normalized spacial score (nSPS) is 17.6. The molecule has 27 heavy (non-hydrogen) atoms. The summed E-state index contributed by atoms with van der Waals surface area (Å²) in [5.41, 5.74) is 2.10. The number of halogens is 4. The zero-order valence-corrected chi connectivity index (χ0v) is 16.0. The van der Waals surface area contributed by atoms with Gasteiger partial charge in [0, 0.05) is 37.1 Å². The van der Waals surface area contributed by atoms with Crippen LogP contribution in [-0.2, 0) is 13.1 Å². The van der Waals surface area contributed by atoms with E-state index in [1.807, 2.05) is 30.5 Å². The Bertz CT molecular complexity index is 950. The molecule has 6 heteroatoms. The Kier molecular flexibility index (Phi) is 5.22. The van der Waals surface area contributed by atoms with Gasteiger partial charge in [0.05, 0.1) is 16.1 Å². The van der Waals surface area contributed by atoms with E-state index in [1.54, 1.807) is 6.07 Å². The first-order valence-electron chi connectivity index (χ1n) is 8.81. The van der Waals surface area contributed by atoms with E-state index in [4.69, 9.17) is 23.2 Å². The number of aromatic nitrogens is 1. The lowest BCUT2D eigenvalue weighted by atomic mass is 10.0. The minimum absolute atomic E-state index is 0.0857. The maximum absolute atomic E-state index is 14.3. The molecule has 4 rings (SSSR count). The number of hydrogen-bond donors (Lipinski definition) is 0. The average Bonchev–Trinajstić information content (AvgIpc) is 3.02. The second kappa shape index (κ2) is 7.63. The van der Waals surface area contributed by atoms with Gasteiger partial charge in [-0.3, -0.25) is 4.90 Å². The van der Waals surface area contributed by atoms with Crippen LogP contribution in [0.25, 0.3) is 0 Å². The Hall–Kier alpha value is -1.88. The average molecular weight is 407 g/mol. The van der Waals surface area contributed by atoms with Gasteiger partial charge in [0.1, 0.15) is 11.6 Å². The molecule has 1 aliphatic heterocycles. The highest BCUT2D eigenvalue weighted by Gasteiger charge is 2.29. The van der Waals surface area contributed by atoms with Crippen LogP contribution in [0.1, 0.15) is 29.3 Å². The van der Waals surface area contributed by atoms with Crippen LogP contribution in [0.4, 0.5) is 8.78 Å². The van der Waals surface area contributed by atoms with Crippen LogP contribution in [0, 0.1) is 11.6 Å². The molecule has 140 valence electrons. The van der Waals surface area contributed by atoms with Crippen LogP contribution in [0.2, 0.25) is 10.0 Å². The fraction of sp³-hybridized carbons (Fsp3) is 0.238. The van der Waals surface area contributed by atoms with Crippen molar-refractivity contribution in [1.29, 1.82) is 0 Å². The first-order chi connectivity index (χ1) is 13.0. The molecule has 0 amide bonds. The van der Waals surface area contributed by atoms with Crippen LogP contribution < -0.4 is 0 Å². The third kappa shape index (κ3) is 3.62. The van der Waals surface area contributed by atoms with E-state index in [1.165, 1.54) is 18.2 Å². The monoisotopic (exact) mass is 406 g/mol. The summed E-state index contributed by atoms with van der Waals surface area (Å²) in [5, 5.41) is 0.949. The van der Waals surface area contributed by atoms with Gasteiger partial charge < -0.3 is 4.57 Å². The van der Waals surface area contributed by atoms with Crippen molar-refractivity contribution in [2.24, 2.45) is 0 Å². The number of hydrogen-bond acceptors (Lipinski definition) is 1. The minimum atomic E-state index is -0.525. The third-order valence-corrected chi connectivity index (χ3v) is 5.78. The molecule has 1 aliphatic rings. The van der Waals surface area contributed by atoms with E-state index < -0.39 is 11.6 Å². The first kappa shape index (κ1) is 18.5. The van der Waals surface area contributed by atoms with E-state index in [9.17, 15) is 8.78 Å². The number of nitrogens with zero attached hydrogens (tertiary/aromatic N) is 2. The van der Waals surface area contributed by atoms with Gasteiger partial charge >= 0.3 is 0 Å². The number of benzene rings is 2. The molecule has 0 spiro atoms. The predicted molar refractivity (Wildman–Crippen MR) is 104 cm³/mol. The Balaban J connectivity index is 1.79. The fourth-order valence-corrected chi connectivity index (χ4v) is 4.07. The van der Waals surface area contributed by atoms with Crippen LogP contribution >= 0.6 is 23.2 Å². The molecule has 0 bridgehead atoms. The van der Waals surface area contributed by atoms with Gasteiger partial charge in [-0.2, -0.15) is 0 Å². The van der Waals surface area contributed by atoms with Crippen molar-refractivity contribution < 1.29 is 8.78 Å². The van der Waals surface area contributed by atoms with E-state index in [0.717, 1.165) is 24.2 Å². The van der Waals surface area contributed by atoms with Crippen LogP contribution in [0.3, 0.4) is 0 Å². The highest BCUT2D eigenvalue weighted by Crippen LogP contribution is 2.36. The van der Waals surface area contributed by atoms with Gasteiger partial charge in [-0.1, -0.05) is 35.3 Å². The zero-order valence-electron chi connectivity index (χ0n) is 14.5. The van der Waals surface area contributed by atoms with Crippen molar-refractivity contribution in [3.05, 3.63) is 93.2 Å². The summed E-state index contributed by atoms with van der Waals surface area (Å²) < 4.78 is 30.7. The molecular weight excluding hydrogens is 389 g/mol. The SMILES string of the molecule is Fc1cccc(F)c1CN1CCCn2cccc2C1c1ccc(Cl)c(Cl)c1. The largest absolute Gasteiger partial charge is 0.350 e. The van der Waals surface area contributed by atoms with Crippen LogP contribution in [0.15, 0.2) is 54.7 Å². The summed E-state index contributed by atoms with van der Waals surface area (Å²) in [6.07, 6.45) is 2.92. The quantitative estimate of drug-likeness (QED) is 0.512. The van der Waals surface area contributed by atoms with Crippen molar-refractivity contribution in [1.82, 2.24) is 9.47 Å². The molecule has 2 nitrogen and oxygen atoms in total. The molecule has 2 heterocycles. The van der Waals surface area contributed by atoms with Gasteiger partial charge in [0.25, 0.3) is 0 Å². The maximum atomic E-state index is 14.3. The molecule has 1 atom stereocenters. The van der Waals surface area contributed by atoms with E-state index >= 15 is 0 Å². The van der Waals surface area contributed by atoms with E-state index in [0.29, 0.717) is 16.6 Å². The molecule has 1 unspecified atom stereocenters. The first-order valence-corrected chi connectivity index (χ1v) is 9.57. The lowest BCUT2D eigenvalue weighted by molar-refractivity contribution is 0.214. The number of rotatable bonds is 3. The van der Waals surface area contributed by atoms with Crippen molar-refractivity contribution >= 4 is 23.2 Å². The van der Waals surface area contributed by atoms with Crippen LogP contribution in [-0.4, -0.2) is 16.0 Å². The van der Waals surface area contributed by atoms with Gasteiger partial charge in [0.15, 0.2) is 0 Å². The molecular formula is C21H18Cl2F2N2. The van der Waals surface area contributed by atoms with Gasteiger partial charge in [-0.15, -0.1) is 0 Å². The Morgan fingerprint density at radius 3 is 2.44 bits per heavy atom. The molecule has 0 saturated heterocycles. The molecule has 2 aromatic carbocycles. The van der Waals surface area contributed by atoms with Gasteiger partial charge in [-0.05, 0) is 48.4 Å². The van der Waals surface area contributed by atoms with Crippen molar-refractivity contribution in [2.75, 3.05) is 6.54 Å². The second-order valence-electron chi connectivity index (χ2n) is 6.73. The molecule has 0 N–H and O–H groups in total. The maximum Gasteiger partial charge on any atom is 0.130 e.